The van der Waals surface area contributed by atoms with Gasteiger partial charge >= 0.3 is 0 Å². The summed E-state index contributed by atoms with van der Waals surface area (Å²) in [6.45, 7) is 1.06. The summed E-state index contributed by atoms with van der Waals surface area (Å²) >= 11 is 0. The number of anilines is 1. The van der Waals surface area contributed by atoms with Crippen LogP contribution in [0.25, 0.3) is 0 Å². The highest BCUT2D eigenvalue weighted by Crippen LogP contribution is 2.12. The summed E-state index contributed by atoms with van der Waals surface area (Å²) in [7, 11) is 1.65. The van der Waals surface area contributed by atoms with E-state index in [0.717, 1.165) is 17.9 Å². The summed E-state index contributed by atoms with van der Waals surface area (Å²) in [6, 6.07) is 16.9. The van der Waals surface area contributed by atoms with Crippen LogP contribution in [-0.4, -0.2) is 34.7 Å². The van der Waals surface area contributed by atoms with Crippen LogP contribution in [0.4, 0.5) is 5.82 Å². The number of pyridine rings is 1. The van der Waals surface area contributed by atoms with E-state index in [2.05, 4.69) is 25.8 Å². The molecule has 0 atom stereocenters. The molecule has 0 bridgehead atoms. The van der Waals surface area contributed by atoms with Gasteiger partial charge in [0.2, 0.25) is 0 Å². The first-order chi connectivity index (χ1) is 13.2. The van der Waals surface area contributed by atoms with Crippen LogP contribution in [-0.2, 0) is 13.0 Å². The quantitative estimate of drug-likeness (QED) is 0.639. The summed E-state index contributed by atoms with van der Waals surface area (Å²) in [5.41, 5.74) is 2.25. The Morgan fingerprint density at radius 1 is 1.04 bits per heavy atom. The lowest BCUT2D eigenvalue weighted by Gasteiger charge is -2.07. The molecule has 0 aliphatic rings. The van der Waals surface area contributed by atoms with Gasteiger partial charge in [-0.1, -0.05) is 18.2 Å². The molecule has 27 heavy (non-hydrogen) atoms. The minimum Gasteiger partial charge on any atom is -0.497 e. The van der Waals surface area contributed by atoms with Gasteiger partial charge < -0.3 is 15.4 Å². The lowest BCUT2D eigenvalue weighted by molar-refractivity contribution is 0.0944. The van der Waals surface area contributed by atoms with E-state index in [-0.39, 0.29) is 11.6 Å². The van der Waals surface area contributed by atoms with Gasteiger partial charge in [0.25, 0.3) is 5.91 Å². The number of hydrogen-bond donors (Lipinski definition) is 2. The zero-order valence-corrected chi connectivity index (χ0v) is 15.1. The third-order valence-electron chi connectivity index (χ3n) is 3.93. The number of benzene rings is 1. The lowest BCUT2D eigenvalue weighted by Crippen LogP contribution is -2.24. The number of carbonyl (C=O) groups excluding carboxylic acids is 1. The van der Waals surface area contributed by atoms with Gasteiger partial charge in [-0.2, -0.15) is 0 Å². The third-order valence-corrected chi connectivity index (χ3v) is 3.93. The van der Waals surface area contributed by atoms with E-state index in [0.29, 0.717) is 18.9 Å². The summed E-state index contributed by atoms with van der Waals surface area (Å²) in [4.78, 5) is 16.3. The highest BCUT2D eigenvalue weighted by atomic mass is 16.5. The SMILES string of the molecule is COc1ccc(CCNc2ccc(C(=O)NCc3ccccn3)nn2)cc1. The predicted octanol–water partition coefficient (Wildman–Crippen LogP) is 2.46. The van der Waals surface area contributed by atoms with Gasteiger partial charge in [0.15, 0.2) is 5.69 Å². The molecule has 7 heteroatoms. The van der Waals surface area contributed by atoms with Gasteiger partial charge in [0.05, 0.1) is 19.3 Å². The first kappa shape index (κ1) is 18.3. The van der Waals surface area contributed by atoms with Crippen molar-refractivity contribution < 1.29 is 9.53 Å². The largest absolute Gasteiger partial charge is 0.497 e. The number of rotatable bonds is 8. The number of hydrogen-bond acceptors (Lipinski definition) is 6. The summed E-state index contributed by atoms with van der Waals surface area (Å²) in [6.07, 6.45) is 2.53. The molecule has 1 amide bonds. The van der Waals surface area contributed by atoms with Crippen molar-refractivity contribution in [2.75, 3.05) is 19.0 Å². The predicted molar refractivity (Wildman–Crippen MR) is 103 cm³/mol. The Labute approximate surface area is 157 Å². The lowest BCUT2D eigenvalue weighted by atomic mass is 10.1. The van der Waals surface area contributed by atoms with E-state index in [9.17, 15) is 4.79 Å². The van der Waals surface area contributed by atoms with Crippen molar-refractivity contribution in [3.05, 3.63) is 77.7 Å². The summed E-state index contributed by atoms with van der Waals surface area (Å²) in [5.74, 6) is 1.19. The van der Waals surface area contributed by atoms with Gasteiger partial charge in [-0.05, 0) is 48.4 Å². The van der Waals surface area contributed by atoms with Crippen molar-refractivity contribution in [2.24, 2.45) is 0 Å². The van der Waals surface area contributed by atoms with E-state index < -0.39 is 0 Å². The zero-order valence-electron chi connectivity index (χ0n) is 15.1. The number of nitrogens with zero attached hydrogens (tertiary/aromatic N) is 3. The van der Waals surface area contributed by atoms with E-state index in [4.69, 9.17) is 4.74 Å². The van der Waals surface area contributed by atoms with Crippen LogP contribution in [0, 0.1) is 0 Å². The fourth-order valence-electron chi connectivity index (χ4n) is 2.44. The molecule has 0 fully saturated rings. The Balaban J connectivity index is 1.45. The second-order valence-electron chi connectivity index (χ2n) is 5.83. The van der Waals surface area contributed by atoms with E-state index in [1.807, 2.05) is 42.5 Å². The second-order valence-corrected chi connectivity index (χ2v) is 5.83. The van der Waals surface area contributed by atoms with Gasteiger partial charge in [0, 0.05) is 12.7 Å². The standard InChI is InChI=1S/C20H21N5O2/c1-27-17-7-5-15(6-8-17)11-13-22-19-10-9-18(24-25-19)20(26)23-14-16-4-2-3-12-21-16/h2-10,12H,11,13-14H2,1H3,(H,22,25)(H,23,26). The summed E-state index contributed by atoms with van der Waals surface area (Å²) in [5, 5.41) is 14.0. The Morgan fingerprint density at radius 2 is 1.89 bits per heavy atom. The first-order valence-corrected chi connectivity index (χ1v) is 8.63. The van der Waals surface area contributed by atoms with Crippen molar-refractivity contribution in [1.82, 2.24) is 20.5 Å². The number of methoxy groups -OCH3 is 1. The fraction of sp³-hybridized carbons (Fsp3) is 0.200. The number of aromatic nitrogens is 3. The maximum absolute atomic E-state index is 12.1. The maximum atomic E-state index is 12.1. The molecule has 0 saturated carbocycles. The van der Waals surface area contributed by atoms with Gasteiger partial charge in [0.1, 0.15) is 11.6 Å². The topological polar surface area (TPSA) is 89.0 Å². The van der Waals surface area contributed by atoms with Gasteiger partial charge in [-0.3, -0.25) is 9.78 Å². The average Bonchev–Trinajstić information content (AvgIpc) is 2.74. The smallest absolute Gasteiger partial charge is 0.272 e. The summed E-state index contributed by atoms with van der Waals surface area (Å²) < 4.78 is 5.15. The third kappa shape index (κ3) is 5.50. The Kier molecular flexibility index (Phi) is 6.30. The van der Waals surface area contributed by atoms with E-state index in [1.165, 1.54) is 5.56 Å². The maximum Gasteiger partial charge on any atom is 0.272 e. The Morgan fingerprint density at radius 3 is 2.56 bits per heavy atom. The van der Waals surface area contributed by atoms with Crippen LogP contribution in [0.2, 0.25) is 0 Å². The van der Waals surface area contributed by atoms with E-state index >= 15 is 0 Å². The minimum absolute atomic E-state index is 0.270. The van der Waals surface area contributed by atoms with Crippen LogP contribution in [0.1, 0.15) is 21.7 Å². The van der Waals surface area contributed by atoms with Crippen LogP contribution in [0.5, 0.6) is 5.75 Å². The monoisotopic (exact) mass is 363 g/mol. The Bertz CT molecular complexity index is 852. The molecular formula is C20H21N5O2. The molecule has 2 N–H and O–H groups in total. The van der Waals surface area contributed by atoms with Crippen molar-refractivity contribution in [2.45, 2.75) is 13.0 Å². The average molecular weight is 363 g/mol. The number of ether oxygens (including phenoxy) is 1. The van der Waals surface area contributed by atoms with Crippen LogP contribution >= 0.6 is 0 Å². The van der Waals surface area contributed by atoms with Crippen molar-refractivity contribution in [3.63, 3.8) is 0 Å². The van der Waals surface area contributed by atoms with E-state index in [1.54, 1.807) is 25.4 Å². The molecule has 7 nitrogen and oxygen atoms in total. The molecule has 138 valence electrons. The Hall–Kier alpha value is -3.48. The van der Waals surface area contributed by atoms with Crippen molar-refractivity contribution >= 4 is 11.7 Å². The highest BCUT2D eigenvalue weighted by Gasteiger charge is 2.08. The first-order valence-electron chi connectivity index (χ1n) is 8.63. The fourth-order valence-corrected chi connectivity index (χ4v) is 2.44. The molecule has 0 aliphatic carbocycles. The second kappa shape index (κ2) is 9.28. The van der Waals surface area contributed by atoms with Crippen molar-refractivity contribution in [1.29, 1.82) is 0 Å². The minimum atomic E-state index is -0.280. The molecule has 3 rings (SSSR count). The van der Waals surface area contributed by atoms with Crippen molar-refractivity contribution in [3.8, 4) is 5.75 Å². The van der Waals surface area contributed by atoms with Crippen LogP contribution in [0.3, 0.4) is 0 Å². The van der Waals surface area contributed by atoms with Crippen LogP contribution in [0.15, 0.2) is 60.8 Å². The molecule has 2 aromatic heterocycles. The molecule has 0 spiro atoms. The molecule has 3 aromatic rings. The molecule has 1 aromatic carbocycles. The number of nitrogens with one attached hydrogen (secondary N) is 2. The molecule has 0 unspecified atom stereocenters. The molecule has 2 heterocycles. The molecule has 0 saturated heterocycles. The number of carbonyl (C=O) groups is 1. The van der Waals surface area contributed by atoms with Gasteiger partial charge in [-0.15, -0.1) is 10.2 Å². The van der Waals surface area contributed by atoms with Gasteiger partial charge in [-0.25, -0.2) is 0 Å². The molecule has 0 aliphatic heterocycles. The molecular weight excluding hydrogens is 342 g/mol. The number of amides is 1. The highest BCUT2D eigenvalue weighted by molar-refractivity contribution is 5.92. The molecule has 0 radical (unpaired) electrons. The van der Waals surface area contributed by atoms with Crippen LogP contribution < -0.4 is 15.4 Å². The zero-order chi connectivity index (χ0) is 18.9. The normalized spacial score (nSPS) is 10.3.